The van der Waals surface area contributed by atoms with Crippen molar-refractivity contribution >= 4 is 16.8 Å². The average Bonchev–Trinajstić information content (AvgIpc) is 2.65. The Morgan fingerprint density at radius 1 is 1.07 bits per heavy atom. The van der Waals surface area contributed by atoms with Crippen molar-refractivity contribution in [3.8, 4) is 0 Å². The van der Waals surface area contributed by atoms with E-state index in [0.717, 1.165) is 12.1 Å². The third-order valence-electron chi connectivity index (χ3n) is 5.13. The number of aromatic nitrogens is 2. The fourth-order valence-electron chi connectivity index (χ4n) is 3.74. The largest absolute Gasteiger partial charge is 0.416 e. The number of hydrogen-bond acceptors (Lipinski definition) is 3. The lowest BCUT2D eigenvalue weighted by atomic mass is 9.81. The zero-order valence-electron chi connectivity index (χ0n) is 14.4. The van der Waals surface area contributed by atoms with Crippen LogP contribution in [0.1, 0.15) is 39.5 Å². The number of pyridine rings is 2. The van der Waals surface area contributed by atoms with Gasteiger partial charge in [0.2, 0.25) is 5.43 Å². The highest BCUT2D eigenvalue weighted by atomic mass is 19.4. The first kappa shape index (κ1) is 17.5. The van der Waals surface area contributed by atoms with Crippen LogP contribution >= 0.6 is 0 Å². The standard InChI is InChI=1S/C20H15F3N2O2/c1-25-15-9-12(11-4-6-13(7-5-11)20(21,22)23)10-16(26)17(15)18(27)14-3-2-8-24-19(14)25/h2-8,12H,9-10H2,1H3. The van der Waals surface area contributed by atoms with Gasteiger partial charge in [-0.25, -0.2) is 4.98 Å². The van der Waals surface area contributed by atoms with Gasteiger partial charge in [0.1, 0.15) is 5.65 Å². The lowest BCUT2D eigenvalue weighted by Crippen LogP contribution is -2.30. The monoisotopic (exact) mass is 372 g/mol. The number of alkyl halides is 3. The van der Waals surface area contributed by atoms with Crippen LogP contribution in [0.2, 0.25) is 0 Å². The summed E-state index contributed by atoms with van der Waals surface area (Å²) in [7, 11) is 1.75. The Balaban J connectivity index is 1.79. The predicted octanol–water partition coefficient (Wildman–Crippen LogP) is 3.87. The summed E-state index contributed by atoms with van der Waals surface area (Å²) in [6, 6.07) is 8.15. The van der Waals surface area contributed by atoms with Crippen LogP contribution in [-0.2, 0) is 19.6 Å². The van der Waals surface area contributed by atoms with Gasteiger partial charge in [-0.3, -0.25) is 9.59 Å². The molecule has 0 bridgehead atoms. The second-order valence-corrected chi connectivity index (χ2v) is 6.73. The summed E-state index contributed by atoms with van der Waals surface area (Å²) < 4.78 is 40.0. The molecule has 0 saturated heterocycles. The number of halogens is 3. The van der Waals surface area contributed by atoms with Crippen molar-refractivity contribution in [1.82, 2.24) is 9.55 Å². The Labute approximate surface area is 152 Å². The summed E-state index contributed by atoms with van der Waals surface area (Å²) in [4.78, 5) is 29.7. The number of carbonyl (C=O) groups is 1. The highest BCUT2D eigenvalue weighted by Gasteiger charge is 2.33. The molecular formula is C20H15F3N2O2. The zero-order valence-corrected chi connectivity index (χ0v) is 14.4. The van der Waals surface area contributed by atoms with Crippen molar-refractivity contribution in [3.63, 3.8) is 0 Å². The van der Waals surface area contributed by atoms with Gasteiger partial charge in [-0.05, 0) is 42.2 Å². The van der Waals surface area contributed by atoms with Gasteiger partial charge in [0.05, 0.1) is 16.5 Å². The Morgan fingerprint density at radius 3 is 2.44 bits per heavy atom. The van der Waals surface area contributed by atoms with Gasteiger partial charge in [0, 0.05) is 25.4 Å². The SMILES string of the molecule is Cn1c2c(c(=O)c3cccnc31)C(=O)CC(c1ccc(C(F)(F)F)cc1)C2. The van der Waals surface area contributed by atoms with Crippen LogP contribution in [-0.4, -0.2) is 15.3 Å². The van der Waals surface area contributed by atoms with Crippen molar-refractivity contribution < 1.29 is 18.0 Å². The molecule has 3 aromatic rings. The van der Waals surface area contributed by atoms with E-state index >= 15 is 0 Å². The van der Waals surface area contributed by atoms with E-state index in [-0.39, 0.29) is 29.1 Å². The number of rotatable bonds is 1. The minimum atomic E-state index is -4.40. The van der Waals surface area contributed by atoms with Crippen LogP contribution in [0.5, 0.6) is 0 Å². The van der Waals surface area contributed by atoms with E-state index in [2.05, 4.69) is 4.98 Å². The Kier molecular flexibility index (Phi) is 3.91. The molecule has 27 heavy (non-hydrogen) atoms. The Morgan fingerprint density at radius 2 is 1.78 bits per heavy atom. The van der Waals surface area contributed by atoms with Crippen LogP contribution in [0, 0.1) is 0 Å². The van der Waals surface area contributed by atoms with Crippen LogP contribution < -0.4 is 5.43 Å². The Bertz CT molecular complexity index is 1120. The third-order valence-corrected chi connectivity index (χ3v) is 5.13. The van der Waals surface area contributed by atoms with Crippen LogP contribution in [0.4, 0.5) is 13.2 Å². The minimum Gasteiger partial charge on any atom is -0.332 e. The molecule has 1 aliphatic rings. The van der Waals surface area contributed by atoms with Gasteiger partial charge < -0.3 is 4.57 Å². The summed E-state index contributed by atoms with van der Waals surface area (Å²) >= 11 is 0. The molecule has 0 N–H and O–H groups in total. The van der Waals surface area contributed by atoms with Gasteiger partial charge in [0.25, 0.3) is 0 Å². The molecular weight excluding hydrogens is 357 g/mol. The molecule has 0 amide bonds. The lowest BCUT2D eigenvalue weighted by molar-refractivity contribution is -0.137. The molecule has 138 valence electrons. The molecule has 1 aromatic carbocycles. The van der Waals surface area contributed by atoms with Crippen molar-refractivity contribution in [1.29, 1.82) is 0 Å². The van der Waals surface area contributed by atoms with Crippen LogP contribution in [0.15, 0.2) is 47.4 Å². The fraction of sp³-hybridized carbons (Fsp3) is 0.250. The van der Waals surface area contributed by atoms with Gasteiger partial charge in [-0.2, -0.15) is 13.2 Å². The number of hydrogen-bond donors (Lipinski definition) is 0. The molecule has 0 saturated carbocycles. The van der Waals surface area contributed by atoms with Gasteiger partial charge in [-0.1, -0.05) is 12.1 Å². The highest BCUT2D eigenvalue weighted by molar-refractivity contribution is 6.01. The molecule has 1 atom stereocenters. The van der Waals surface area contributed by atoms with Gasteiger partial charge in [0.15, 0.2) is 5.78 Å². The molecule has 2 aromatic heterocycles. The molecule has 0 aliphatic heterocycles. The van der Waals surface area contributed by atoms with Crippen molar-refractivity contribution in [2.24, 2.45) is 7.05 Å². The molecule has 0 fully saturated rings. The first-order valence-corrected chi connectivity index (χ1v) is 8.44. The van der Waals surface area contributed by atoms with Gasteiger partial charge >= 0.3 is 6.18 Å². The predicted molar refractivity (Wildman–Crippen MR) is 93.8 cm³/mol. The quantitative estimate of drug-likeness (QED) is 0.652. The summed E-state index contributed by atoms with van der Waals surface area (Å²) in [6.07, 6.45) is -2.34. The van der Waals surface area contributed by atoms with E-state index in [1.807, 2.05) is 0 Å². The average molecular weight is 372 g/mol. The third kappa shape index (κ3) is 2.83. The maximum absolute atomic E-state index is 12.8. The maximum Gasteiger partial charge on any atom is 0.416 e. The highest BCUT2D eigenvalue weighted by Crippen LogP contribution is 2.35. The smallest absolute Gasteiger partial charge is 0.332 e. The topological polar surface area (TPSA) is 52.0 Å². The molecule has 1 aliphatic carbocycles. The van der Waals surface area contributed by atoms with E-state index in [9.17, 15) is 22.8 Å². The van der Waals surface area contributed by atoms with Crippen LogP contribution in [0.3, 0.4) is 0 Å². The first-order valence-electron chi connectivity index (χ1n) is 8.44. The lowest BCUT2D eigenvalue weighted by Gasteiger charge is -2.26. The number of aryl methyl sites for hydroxylation is 1. The van der Waals surface area contributed by atoms with Crippen molar-refractivity contribution in [3.05, 3.63) is 75.2 Å². The molecule has 7 heteroatoms. The number of Topliss-reactive ketones (excluding diaryl/α,β-unsaturated/α-hetero) is 1. The number of fused-ring (bicyclic) bond motifs is 2. The molecule has 1 unspecified atom stereocenters. The molecule has 4 rings (SSSR count). The molecule has 4 nitrogen and oxygen atoms in total. The minimum absolute atomic E-state index is 0.0966. The second kappa shape index (κ2) is 6.04. The van der Waals surface area contributed by atoms with E-state index in [1.165, 1.54) is 12.1 Å². The fourth-order valence-corrected chi connectivity index (χ4v) is 3.74. The summed E-state index contributed by atoms with van der Waals surface area (Å²) in [5, 5.41) is 0.389. The second-order valence-electron chi connectivity index (χ2n) is 6.73. The zero-order chi connectivity index (χ0) is 19.3. The number of benzene rings is 1. The summed E-state index contributed by atoms with van der Waals surface area (Å²) in [5.74, 6) is -0.563. The first-order chi connectivity index (χ1) is 12.8. The maximum atomic E-state index is 12.8. The number of ketones is 1. The summed E-state index contributed by atoms with van der Waals surface area (Å²) in [5.41, 5.74) is 0.824. The molecule has 2 heterocycles. The van der Waals surface area contributed by atoms with Gasteiger partial charge in [-0.15, -0.1) is 0 Å². The summed E-state index contributed by atoms with van der Waals surface area (Å²) in [6.45, 7) is 0. The van der Waals surface area contributed by atoms with E-state index < -0.39 is 11.7 Å². The molecule has 0 spiro atoms. The van der Waals surface area contributed by atoms with E-state index in [1.54, 1.807) is 29.9 Å². The van der Waals surface area contributed by atoms with Crippen molar-refractivity contribution in [2.45, 2.75) is 24.9 Å². The molecule has 0 radical (unpaired) electrons. The number of nitrogens with zero attached hydrogens (tertiary/aromatic N) is 2. The Hall–Kier alpha value is -2.96. The van der Waals surface area contributed by atoms with E-state index in [4.69, 9.17) is 0 Å². The number of carbonyl (C=O) groups excluding carboxylic acids is 1. The van der Waals surface area contributed by atoms with Crippen molar-refractivity contribution in [2.75, 3.05) is 0 Å². The van der Waals surface area contributed by atoms with Crippen LogP contribution in [0.25, 0.3) is 11.0 Å². The normalized spacial score (nSPS) is 17.2. The van der Waals surface area contributed by atoms with E-state index in [0.29, 0.717) is 28.7 Å².